The number of nitrogens with zero attached hydrogens (tertiary/aromatic N) is 3. The molecule has 4 N–H and O–H groups in total. The molecule has 0 saturated carbocycles. The molecule has 0 aliphatic heterocycles. The first-order chi connectivity index (χ1) is 18.6. The zero-order chi connectivity index (χ0) is 26.3. The highest BCUT2D eigenvalue weighted by Crippen LogP contribution is 2.26. The standard InChI is InChI=1S/C31H33N5O2/c1-22-13-16-30(38-21-23-8-3-2-4-9-23)28(34-22)20-36-29-18-24(14-15-27(29)35-31(36)32)19-33-26-12-6-5-10-25(26)11-7-17-37/h2-6,8-10,12-16,18,33,37H,7,11,17,19-21H2,1H3,(H2,32,35). The number of aliphatic hydroxyl groups excluding tert-OH is 1. The lowest BCUT2D eigenvalue weighted by atomic mass is 10.1. The molecular formula is C31H33N5O2. The molecule has 7 heteroatoms. The lowest BCUT2D eigenvalue weighted by Crippen LogP contribution is -2.09. The SMILES string of the molecule is Cc1ccc(OCc2ccccc2)c(Cn2c(N)nc3ccc(CNc4ccccc4CCCO)cc32)n1. The van der Waals surface area contributed by atoms with Gasteiger partial charge >= 0.3 is 0 Å². The van der Waals surface area contributed by atoms with E-state index in [9.17, 15) is 5.11 Å². The summed E-state index contributed by atoms with van der Waals surface area (Å²) in [5.74, 6) is 1.18. The van der Waals surface area contributed by atoms with Gasteiger partial charge in [-0.25, -0.2) is 4.98 Å². The molecule has 0 fully saturated rings. The van der Waals surface area contributed by atoms with E-state index < -0.39 is 0 Å². The van der Waals surface area contributed by atoms with Gasteiger partial charge in [0, 0.05) is 24.5 Å². The van der Waals surface area contributed by atoms with Crippen molar-refractivity contribution in [3.63, 3.8) is 0 Å². The number of pyridine rings is 1. The van der Waals surface area contributed by atoms with Crippen LogP contribution in [0.15, 0.2) is 84.9 Å². The minimum absolute atomic E-state index is 0.186. The van der Waals surface area contributed by atoms with E-state index in [0.29, 0.717) is 25.6 Å². The number of rotatable bonds is 11. The summed E-state index contributed by atoms with van der Waals surface area (Å²) in [6, 6.07) is 28.5. The van der Waals surface area contributed by atoms with Gasteiger partial charge in [0.15, 0.2) is 0 Å². The van der Waals surface area contributed by atoms with Crippen molar-refractivity contribution in [1.29, 1.82) is 0 Å². The number of fused-ring (bicyclic) bond motifs is 1. The number of benzene rings is 3. The molecular weight excluding hydrogens is 474 g/mol. The molecule has 38 heavy (non-hydrogen) atoms. The third-order valence-corrected chi connectivity index (χ3v) is 6.56. The topological polar surface area (TPSA) is 98.2 Å². The van der Waals surface area contributed by atoms with Crippen molar-refractivity contribution in [2.45, 2.75) is 39.5 Å². The fraction of sp³-hybridized carbons (Fsp3) is 0.226. The van der Waals surface area contributed by atoms with Crippen LogP contribution in [0.3, 0.4) is 0 Å². The molecule has 5 aromatic rings. The van der Waals surface area contributed by atoms with E-state index in [1.54, 1.807) is 0 Å². The van der Waals surface area contributed by atoms with Crippen molar-refractivity contribution in [2.24, 2.45) is 0 Å². The molecule has 7 nitrogen and oxygen atoms in total. The van der Waals surface area contributed by atoms with Crippen molar-refractivity contribution in [3.8, 4) is 5.75 Å². The van der Waals surface area contributed by atoms with Gasteiger partial charge < -0.3 is 25.5 Å². The number of para-hydroxylation sites is 1. The number of aryl methyl sites for hydroxylation is 2. The molecule has 0 spiro atoms. The summed E-state index contributed by atoms with van der Waals surface area (Å²) in [7, 11) is 0. The average molecular weight is 508 g/mol. The van der Waals surface area contributed by atoms with Gasteiger partial charge in [-0.05, 0) is 66.8 Å². The van der Waals surface area contributed by atoms with Gasteiger partial charge in [-0.1, -0.05) is 54.6 Å². The van der Waals surface area contributed by atoms with Gasteiger partial charge in [0.1, 0.15) is 18.1 Å². The van der Waals surface area contributed by atoms with Gasteiger partial charge in [0.05, 0.1) is 17.6 Å². The Balaban J connectivity index is 1.37. The van der Waals surface area contributed by atoms with Gasteiger partial charge in [0.2, 0.25) is 5.95 Å². The second-order valence-electron chi connectivity index (χ2n) is 9.39. The highest BCUT2D eigenvalue weighted by atomic mass is 16.5. The summed E-state index contributed by atoms with van der Waals surface area (Å²) in [6.45, 7) is 3.74. The van der Waals surface area contributed by atoms with E-state index in [1.807, 2.05) is 72.2 Å². The molecule has 2 aromatic heterocycles. The van der Waals surface area contributed by atoms with Crippen LogP contribution in [0.4, 0.5) is 11.6 Å². The van der Waals surface area contributed by atoms with Crippen molar-refractivity contribution < 1.29 is 9.84 Å². The number of anilines is 2. The minimum atomic E-state index is 0.186. The van der Waals surface area contributed by atoms with Crippen LogP contribution in [0.2, 0.25) is 0 Å². The number of ether oxygens (including phenoxy) is 1. The lowest BCUT2D eigenvalue weighted by Gasteiger charge is -2.14. The van der Waals surface area contributed by atoms with E-state index in [4.69, 9.17) is 15.5 Å². The van der Waals surface area contributed by atoms with Crippen LogP contribution in [0.5, 0.6) is 5.75 Å². The zero-order valence-corrected chi connectivity index (χ0v) is 21.6. The molecule has 0 amide bonds. The molecule has 3 aromatic carbocycles. The number of imidazole rings is 1. The maximum atomic E-state index is 9.22. The van der Waals surface area contributed by atoms with Crippen LogP contribution in [0, 0.1) is 6.92 Å². The van der Waals surface area contributed by atoms with Crippen molar-refractivity contribution in [1.82, 2.24) is 14.5 Å². The smallest absolute Gasteiger partial charge is 0.201 e. The van der Waals surface area contributed by atoms with E-state index in [1.165, 1.54) is 5.56 Å². The molecule has 2 heterocycles. The molecule has 0 bridgehead atoms. The summed E-state index contributed by atoms with van der Waals surface area (Å²) in [6.07, 6.45) is 1.58. The Bertz CT molecular complexity index is 1510. The van der Waals surface area contributed by atoms with Crippen LogP contribution in [0.25, 0.3) is 11.0 Å². The second kappa shape index (κ2) is 11.8. The van der Waals surface area contributed by atoms with Gasteiger partial charge in [-0.3, -0.25) is 4.98 Å². The second-order valence-corrected chi connectivity index (χ2v) is 9.39. The minimum Gasteiger partial charge on any atom is -0.487 e. The van der Waals surface area contributed by atoms with Crippen molar-refractivity contribution in [3.05, 3.63) is 113 Å². The summed E-state index contributed by atoms with van der Waals surface area (Å²) < 4.78 is 8.16. The molecule has 0 saturated heterocycles. The van der Waals surface area contributed by atoms with Gasteiger partial charge in [0.25, 0.3) is 0 Å². The first kappa shape index (κ1) is 25.3. The Morgan fingerprint density at radius 3 is 2.58 bits per heavy atom. The number of aromatic nitrogens is 3. The van der Waals surface area contributed by atoms with Crippen LogP contribution in [-0.2, 0) is 26.1 Å². The van der Waals surface area contributed by atoms with E-state index in [0.717, 1.165) is 57.8 Å². The van der Waals surface area contributed by atoms with Crippen molar-refractivity contribution >= 4 is 22.7 Å². The fourth-order valence-electron chi connectivity index (χ4n) is 4.57. The molecule has 0 radical (unpaired) electrons. The Morgan fingerprint density at radius 1 is 0.921 bits per heavy atom. The van der Waals surface area contributed by atoms with E-state index >= 15 is 0 Å². The first-order valence-corrected chi connectivity index (χ1v) is 12.9. The Morgan fingerprint density at radius 2 is 1.74 bits per heavy atom. The van der Waals surface area contributed by atoms with E-state index in [2.05, 4.69) is 34.6 Å². The molecule has 194 valence electrons. The fourth-order valence-corrected chi connectivity index (χ4v) is 4.57. The third kappa shape index (κ3) is 5.95. The number of aliphatic hydroxyl groups is 1. The number of hydrogen-bond acceptors (Lipinski definition) is 6. The summed E-state index contributed by atoms with van der Waals surface area (Å²) in [5, 5.41) is 12.8. The predicted molar refractivity (Wildman–Crippen MR) is 152 cm³/mol. The van der Waals surface area contributed by atoms with Crippen LogP contribution in [-0.4, -0.2) is 26.2 Å². The zero-order valence-electron chi connectivity index (χ0n) is 21.6. The lowest BCUT2D eigenvalue weighted by molar-refractivity contribution is 0.288. The number of nitrogens with one attached hydrogen (secondary N) is 1. The molecule has 0 unspecified atom stereocenters. The molecule has 5 rings (SSSR count). The first-order valence-electron chi connectivity index (χ1n) is 12.9. The van der Waals surface area contributed by atoms with Crippen LogP contribution in [0.1, 0.15) is 34.5 Å². The predicted octanol–water partition coefficient (Wildman–Crippen LogP) is 5.49. The normalized spacial score (nSPS) is 11.1. The third-order valence-electron chi connectivity index (χ3n) is 6.56. The quantitative estimate of drug-likeness (QED) is 0.219. The monoisotopic (exact) mass is 507 g/mol. The molecule has 0 aliphatic rings. The average Bonchev–Trinajstić information content (AvgIpc) is 3.25. The Kier molecular flexibility index (Phi) is 7.85. The van der Waals surface area contributed by atoms with Crippen LogP contribution >= 0.6 is 0 Å². The summed E-state index contributed by atoms with van der Waals surface area (Å²) in [5.41, 5.74) is 14.4. The largest absolute Gasteiger partial charge is 0.487 e. The number of hydrogen-bond donors (Lipinski definition) is 3. The highest BCUT2D eigenvalue weighted by molar-refractivity contribution is 5.79. The van der Waals surface area contributed by atoms with E-state index in [-0.39, 0.29) is 6.61 Å². The maximum absolute atomic E-state index is 9.22. The summed E-state index contributed by atoms with van der Waals surface area (Å²) in [4.78, 5) is 9.37. The summed E-state index contributed by atoms with van der Waals surface area (Å²) >= 11 is 0. The highest BCUT2D eigenvalue weighted by Gasteiger charge is 2.14. The van der Waals surface area contributed by atoms with Crippen LogP contribution < -0.4 is 15.8 Å². The number of nitrogen functional groups attached to an aromatic ring is 1. The van der Waals surface area contributed by atoms with Gasteiger partial charge in [-0.2, -0.15) is 0 Å². The Hall–Kier alpha value is -4.36. The van der Waals surface area contributed by atoms with Gasteiger partial charge in [-0.15, -0.1) is 0 Å². The van der Waals surface area contributed by atoms with Crippen molar-refractivity contribution in [2.75, 3.05) is 17.7 Å². The number of nitrogens with two attached hydrogens (primary N) is 1. The Labute approximate surface area is 222 Å². The molecule has 0 atom stereocenters. The molecule has 0 aliphatic carbocycles. The maximum Gasteiger partial charge on any atom is 0.201 e.